The highest BCUT2D eigenvalue weighted by molar-refractivity contribution is 5.47. The second-order valence-electron chi connectivity index (χ2n) is 2.28. The third-order valence-corrected chi connectivity index (χ3v) is 1.39. The number of aromatic amines is 1. The molecule has 1 aromatic heterocycles. The number of aromatic nitrogens is 2. The van der Waals surface area contributed by atoms with Crippen molar-refractivity contribution in [1.29, 1.82) is 0 Å². The lowest BCUT2D eigenvalue weighted by Crippen LogP contribution is -1.73. The van der Waals surface area contributed by atoms with Crippen LogP contribution in [0.2, 0.25) is 0 Å². The van der Waals surface area contributed by atoms with E-state index in [1.807, 2.05) is 13.1 Å². The molecule has 1 heterocycles. The van der Waals surface area contributed by atoms with Gasteiger partial charge in [0.1, 0.15) is 0 Å². The Morgan fingerprint density at radius 1 is 1.70 bits per heavy atom. The Kier molecular flexibility index (Phi) is 2.26. The topological polar surface area (TPSA) is 28.7 Å². The van der Waals surface area contributed by atoms with Crippen molar-refractivity contribution >= 4 is 6.08 Å². The summed E-state index contributed by atoms with van der Waals surface area (Å²) < 4.78 is 0. The molecule has 0 saturated carbocycles. The average Bonchev–Trinajstić information content (AvgIpc) is 2.31. The molecular formula is C8H12N2. The molecule has 0 spiro atoms. The van der Waals surface area contributed by atoms with Gasteiger partial charge in [-0.1, -0.05) is 13.0 Å². The van der Waals surface area contributed by atoms with Gasteiger partial charge in [-0.05, 0) is 25.0 Å². The molecule has 2 heteroatoms. The van der Waals surface area contributed by atoms with Crippen LogP contribution in [0.4, 0.5) is 0 Å². The van der Waals surface area contributed by atoms with E-state index in [2.05, 4.69) is 29.3 Å². The van der Waals surface area contributed by atoms with Crippen molar-refractivity contribution in [3.63, 3.8) is 0 Å². The number of nitrogens with zero attached hydrogens (tertiary/aromatic N) is 1. The summed E-state index contributed by atoms with van der Waals surface area (Å²) in [6.45, 7) is 4.15. The minimum atomic E-state index is 1.07. The van der Waals surface area contributed by atoms with E-state index in [9.17, 15) is 0 Å². The van der Waals surface area contributed by atoms with E-state index >= 15 is 0 Å². The predicted octanol–water partition coefficient (Wildman–Crippen LogP) is 2.14. The molecule has 0 amide bonds. The van der Waals surface area contributed by atoms with Crippen molar-refractivity contribution in [2.75, 3.05) is 0 Å². The summed E-state index contributed by atoms with van der Waals surface area (Å²) in [4.78, 5) is 0. The number of nitrogens with one attached hydrogen (secondary N) is 1. The third-order valence-electron chi connectivity index (χ3n) is 1.39. The van der Waals surface area contributed by atoms with Gasteiger partial charge in [-0.2, -0.15) is 5.10 Å². The molecule has 2 nitrogen and oxygen atoms in total. The molecular weight excluding hydrogens is 124 g/mol. The zero-order chi connectivity index (χ0) is 7.40. The SMILES string of the molecule is CC/C=C\c1[nH]ncc1C. The lowest BCUT2D eigenvalue weighted by molar-refractivity contribution is 1.08. The van der Waals surface area contributed by atoms with Crippen LogP contribution >= 0.6 is 0 Å². The zero-order valence-electron chi connectivity index (χ0n) is 6.39. The van der Waals surface area contributed by atoms with Crippen LogP contribution in [0.15, 0.2) is 12.3 Å². The first-order valence-electron chi connectivity index (χ1n) is 3.51. The van der Waals surface area contributed by atoms with Gasteiger partial charge >= 0.3 is 0 Å². The van der Waals surface area contributed by atoms with E-state index in [0.717, 1.165) is 12.1 Å². The molecule has 10 heavy (non-hydrogen) atoms. The highest BCUT2D eigenvalue weighted by atomic mass is 15.1. The van der Waals surface area contributed by atoms with E-state index in [1.54, 1.807) is 0 Å². The Labute approximate surface area is 61.0 Å². The first kappa shape index (κ1) is 7.06. The van der Waals surface area contributed by atoms with Crippen molar-refractivity contribution in [3.05, 3.63) is 23.5 Å². The molecule has 0 unspecified atom stereocenters. The smallest absolute Gasteiger partial charge is 0.0603 e. The maximum atomic E-state index is 3.90. The van der Waals surface area contributed by atoms with Crippen LogP contribution in [0, 0.1) is 6.92 Å². The van der Waals surface area contributed by atoms with E-state index in [1.165, 1.54) is 5.56 Å². The molecule has 0 aromatic carbocycles. The van der Waals surface area contributed by atoms with Gasteiger partial charge in [-0.3, -0.25) is 5.10 Å². The second kappa shape index (κ2) is 3.20. The molecule has 0 aliphatic rings. The molecule has 1 N–H and O–H groups in total. The van der Waals surface area contributed by atoms with E-state index in [4.69, 9.17) is 0 Å². The minimum absolute atomic E-state index is 1.07. The Bertz CT molecular complexity index is 223. The number of rotatable bonds is 2. The largest absolute Gasteiger partial charge is 0.278 e. The zero-order valence-corrected chi connectivity index (χ0v) is 6.39. The standard InChI is InChI=1S/C8H12N2/c1-3-4-5-8-7(2)6-9-10-8/h4-6H,3H2,1-2H3,(H,9,10)/b5-4-. The number of allylic oxidation sites excluding steroid dienone is 1. The van der Waals surface area contributed by atoms with E-state index < -0.39 is 0 Å². The van der Waals surface area contributed by atoms with Crippen LogP contribution in [-0.2, 0) is 0 Å². The summed E-state index contributed by atoms with van der Waals surface area (Å²) in [5.74, 6) is 0. The molecule has 0 fully saturated rings. The number of hydrogen-bond donors (Lipinski definition) is 1. The van der Waals surface area contributed by atoms with Crippen LogP contribution < -0.4 is 0 Å². The summed E-state index contributed by atoms with van der Waals surface area (Å²) >= 11 is 0. The van der Waals surface area contributed by atoms with Gasteiger partial charge in [0.05, 0.1) is 11.9 Å². The molecule has 0 saturated heterocycles. The van der Waals surface area contributed by atoms with Crippen LogP contribution in [0.3, 0.4) is 0 Å². The molecule has 0 radical (unpaired) electrons. The van der Waals surface area contributed by atoms with Crippen molar-refractivity contribution in [2.24, 2.45) is 0 Å². The van der Waals surface area contributed by atoms with Crippen molar-refractivity contribution in [2.45, 2.75) is 20.3 Å². The summed E-state index contributed by atoms with van der Waals surface area (Å²) in [5, 5.41) is 6.80. The molecule has 54 valence electrons. The summed E-state index contributed by atoms with van der Waals surface area (Å²) in [7, 11) is 0. The fourth-order valence-corrected chi connectivity index (χ4v) is 0.761. The monoisotopic (exact) mass is 136 g/mol. The van der Waals surface area contributed by atoms with Gasteiger partial charge < -0.3 is 0 Å². The lowest BCUT2D eigenvalue weighted by atomic mass is 10.2. The lowest BCUT2D eigenvalue weighted by Gasteiger charge is -1.85. The van der Waals surface area contributed by atoms with Gasteiger partial charge in [0.15, 0.2) is 0 Å². The Morgan fingerprint density at radius 2 is 2.50 bits per heavy atom. The second-order valence-corrected chi connectivity index (χ2v) is 2.28. The summed E-state index contributed by atoms with van der Waals surface area (Å²) in [6.07, 6.45) is 7.07. The van der Waals surface area contributed by atoms with Gasteiger partial charge in [-0.25, -0.2) is 0 Å². The molecule has 0 aliphatic heterocycles. The summed E-state index contributed by atoms with van der Waals surface area (Å²) in [5.41, 5.74) is 2.31. The van der Waals surface area contributed by atoms with Crippen molar-refractivity contribution in [1.82, 2.24) is 10.2 Å². The molecule has 0 aliphatic carbocycles. The fraction of sp³-hybridized carbons (Fsp3) is 0.375. The Hall–Kier alpha value is -1.05. The van der Waals surface area contributed by atoms with Crippen LogP contribution in [-0.4, -0.2) is 10.2 Å². The first-order chi connectivity index (χ1) is 4.84. The molecule has 1 rings (SSSR count). The maximum Gasteiger partial charge on any atom is 0.0603 e. The predicted molar refractivity (Wildman–Crippen MR) is 42.6 cm³/mol. The normalized spacial score (nSPS) is 11.0. The Balaban J connectivity index is 2.74. The quantitative estimate of drug-likeness (QED) is 0.663. The Morgan fingerprint density at radius 3 is 3.00 bits per heavy atom. The van der Waals surface area contributed by atoms with Crippen LogP contribution in [0.5, 0.6) is 0 Å². The minimum Gasteiger partial charge on any atom is -0.278 e. The third kappa shape index (κ3) is 1.47. The maximum absolute atomic E-state index is 3.90. The van der Waals surface area contributed by atoms with Crippen LogP contribution in [0.1, 0.15) is 24.6 Å². The van der Waals surface area contributed by atoms with Gasteiger partial charge in [0.25, 0.3) is 0 Å². The highest BCUT2D eigenvalue weighted by Gasteiger charge is 1.91. The summed E-state index contributed by atoms with van der Waals surface area (Å²) in [6, 6.07) is 0. The number of hydrogen-bond acceptors (Lipinski definition) is 1. The fourth-order valence-electron chi connectivity index (χ4n) is 0.761. The van der Waals surface area contributed by atoms with Gasteiger partial charge in [0.2, 0.25) is 0 Å². The van der Waals surface area contributed by atoms with Crippen LogP contribution in [0.25, 0.3) is 6.08 Å². The van der Waals surface area contributed by atoms with Gasteiger partial charge in [0, 0.05) is 0 Å². The van der Waals surface area contributed by atoms with E-state index in [0.29, 0.717) is 0 Å². The number of aryl methyl sites for hydroxylation is 1. The van der Waals surface area contributed by atoms with Crippen molar-refractivity contribution < 1.29 is 0 Å². The van der Waals surface area contributed by atoms with E-state index in [-0.39, 0.29) is 0 Å². The molecule has 1 aromatic rings. The number of H-pyrrole nitrogens is 1. The van der Waals surface area contributed by atoms with Crippen molar-refractivity contribution in [3.8, 4) is 0 Å². The van der Waals surface area contributed by atoms with Gasteiger partial charge in [-0.15, -0.1) is 0 Å². The molecule has 0 atom stereocenters. The molecule has 0 bridgehead atoms. The first-order valence-corrected chi connectivity index (χ1v) is 3.51. The highest BCUT2D eigenvalue weighted by Crippen LogP contribution is 2.03. The average molecular weight is 136 g/mol.